The minimum absolute atomic E-state index is 0.751. The summed E-state index contributed by atoms with van der Waals surface area (Å²) in [4.78, 5) is 4.50. The lowest BCUT2D eigenvalue weighted by molar-refractivity contribution is 0.377. The Morgan fingerprint density at radius 3 is 2.29 bits per heavy atom. The number of anilines is 1. The van der Waals surface area contributed by atoms with Gasteiger partial charge in [-0.25, -0.2) is 0 Å². The summed E-state index contributed by atoms with van der Waals surface area (Å²) in [6.07, 6.45) is 0.820. The molecule has 1 aromatic rings. The van der Waals surface area contributed by atoms with Crippen LogP contribution in [0.15, 0.2) is 24.3 Å². The van der Waals surface area contributed by atoms with Crippen LogP contribution in [0.2, 0.25) is 5.02 Å². The number of nitrogens with zero attached hydrogens (tertiary/aromatic N) is 2. The molecule has 0 saturated carbocycles. The molecule has 0 radical (unpaired) electrons. The molecule has 4 heteroatoms. The Morgan fingerprint density at radius 2 is 1.76 bits per heavy atom. The highest BCUT2D eigenvalue weighted by Crippen LogP contribution is 2.19. The van der Waals surface area contributed by atoms with Gasteiger partial charge in [-0.3, -0.25) is 5.41 Å². The molecule has 1 aromatic carbocycles. The maximum absolute atomic E-state index is 7.82. The van der Waals surface area contributed by atoms with Gasteiger partial charge in [0.25, 0.3) is 0 Å². The van der Waals surface area contributed by atoms with Crippen LogP contribution in [0.3, 0.4) is 0 Å². The maximum atomic E-state index is 7.82. The molecule has 1 saturated heterocycles. The van der Waals surface area contributed by atoms with Crippen LogP contribution >= 0.6 is 11.6 Å². The number of rotatable bonds is 2. The van der Waals surface area contributed by atoms with E-state index in [1.807, 2.05) is 19.1 Å². The van der Waals surface area contributed by atoms with E-state index >= 15 is 0 Å². The molecule has 1 heterocycles. The Morgan fingerprint density at radius 1 is 1.18 bits per heavy atom. The molecule has 0 amide bonds. The van der Waals surface area contributed by atoms with E-state index in [1.165, 1.54) is 5.69 Å². The molecule has 92 valence electrons. The standard InChI is InChI=1S/C13H18ClN3/c1-2-13(15)17-9-7-16(8-10-17)12-5-3-11(14)4-6-12/h3-6,15H,2,7-10H2,1H3. The van der Waals surface area contributed by atoms with Gasteiger partial charge in [0, 0.05) is 43.3 Å². The van der Waals surface area contributed by atoms with Crippen LogP contribution < -0.4 is 4.90 Å². The highest BCUT2D eigenvalue weighted by atomic mass is 35.5. The number of halogens is 1. The van der Waals surface area contributed by atoms with Crippen LogP contribution in [0.25, 0.3) is 0 Å². The lowest BCUT2D eigenvalue weighted by Crippen LogP contribution is -2.48. The fourth-order valence-electron chi connectivity index (χ4n) is 2.11. The highest BCUT2D eigenvalue weighted by molar-refractivity contribution is 6.30. The first kappa shape index (κ1) is 12.2. The molecule has 0 aliphatic carbocycles. The van der Waals surface area contributed by atoms with Crippen LogP contribution in [-0.2, 0) is 0 Å². The van der Waals surface area contributed by atoms with Crippen molar-refractivity contribution in [1.29, 1.82) is 5.41 Å². The zero-order chi connectivity index (χ0) is 12.3. The molecule has 0 bridgehead atoms. The second-order valence-corrected chi connectivity index (χ2v) is 4.69. The molecule has 1 N–H and O–H groups in total. The summed E-state index contributed by atoms with van der Waals surface area (Å²) in [6.45, 7) is 5.87. The lowest BCUT2D eigenvalue weighted by Gasteiger charge is -2.37. The molecule has 0 spiro atoms. The Kier molecular flexibility index (Phi) is 3.89. The lowest BCUT2D eigenvalue weighted by atomic mass is 10.2. The van der Waals surface area contributed by atoms with Crippen molar-refractivity contribution >= 4 is 23.1 Å². The highest BCUT2D eigenvalue weighted by Gasteiger charge is 2.18. The number of benzene rings is 1. The fourth-order valence-corrected chi connectivity index (χ4v) is 2.24. The molecule has 1 aliphatic rings. The Balaban J connectivity index is 1.95. The van der Waals surface area contributed by atoms with E-state index in [0.717, 1.165) is 43.5 Å². The first-order valence-electron chi connectivity index (χ1n) is 6.03. The predicted octanol–water partition coefficient (Wildman–Crippen LogP) is 2.85. The summed E-state index contributed by atoms with van der Waals surface area (Å²) >= 11 is 5.88. The van der Waals surface area contributed by atoms with Crippen LogP contribution in [0, 0.1) is 5.41 Å². The van der Waals surface area contributed by atoms with Crippen molar-refractivity contribution in [3.63, 3.8) is 0 Å². The zero-order valence-electron chi connectivity index (χ0n) is 10.1. The minimum Gasteiger partial charge on any atom is -0.368 e. The molecule has 2 rings (SSSR count). The third kappa shape index (κ3) is 2.91. The third-order valence-electron chi connectivity index (χ3n) is 3.19. The van der Waals surface area contributed by atoms with Crippen LogP contribution in [0.4, 0.5) is 5.69 Å². The molecule has 0 unspecified atom stereocenters. The zero-order valence-corrected chi connectivity index (χ0v) is 10.9. The van der Waals surface area contributed by atoms with Crippen molar-refractivity contribution in [3.05, 3.63) is 29.3 Å². The largest absolute Gasteiger partial charge is 0.368 e. The van der Waals surface area contributed by atoms with E-state index in [4.69, 9.17) is 17.0 Å². The van der Waals surface area contributed by atoms with Crippen LogP contribution in [-0.4, -0.2) is 36.9 Å². The number of hydrogen-bond donors (Lipinski definition) is 1. The molecule has 0 atom stereocenters. The smallest absolute Gasteiger partial charge is 0.0956 e. The molecule has 1 fully saturated rings. The summed E-state index contributed by atoms with van der Waals surface area (Å²) in [5.74, 6) is 0.751. The van der Waals surface area contributed by atoms with Gasteiger partial charge >= 0.3 is 0 Å². The summed E-state index contributed by atoms with van der Waals surface area (Å²) in [5.41, 5.74) is 1.22. The van der Waals surface area contributed by atoms with Gasteiger partial charge in [-0.05, 0) is 24.3 Å². The maximum Gasteiger partial charge on any atom is 0.0956 e. The van der Waals surface area contributed by atoms with E-state index in [-0.39, 0.29) is 0 Å². The van der Waals surface area contributed by atoms with Crippen LogP contribution in [0.5, 0.6) is 0 Å². The Hall–Kier alpha value is -1.22. The second-order valence-electron chi connectivity index (χ2n) is 4.25. The molecular weight excluding hydrogens is 234 g/mol. The minimum atomic E-state index is 0.751. The van der Waals surface area contributed by atoms with Gasteiger partial charge < -0.3 is 9.80 Å². The number of amidine groups is 1. The van der Waals surface area contributed by atoms with E-state index in [0.29, 0.717) is 0 Å². The van der Waals surface area contributed by atoms with Gasteiger partial charge in [-0.1, -0.05) is 18.5 Å². The van der Waals surface area contributed by atoms with Crippen LogP contribution in [0.1, 0.15) is 13.3 Å². The van der Waals surface area contributed by atoms with Crippen molar-refractivity contribution in [2.75, 3.05) is 31.1 Å². The average molecular weight is 252 g/mol. The summed E-state index contributed by atoms with van der Waals surface area (Å²) in [7, 11) is 0. The summed E-state index contributed by atoms with van der Waals surface area (Å²) < 4.78 is 0. The van der Waals surface area contributed by atoms with Crippen molar-refractivity contribution in [1.82, 2.24) is 4.90 Å². The first-order chi connectivity index (χ1) is 8.20. The Labute approximate surface area is 107 Å². The van der Waals surface area contributed by atoms with Crippen molar-refractivity contribution in [2.24, 2.45) is 0 Å². The molecule has 17 heavy (non-hydrogen) atoms. The predicted molar refractivity (Wildman–Crippen MR) is 73.3 cm³/mol. The molecular formula is C13H18ClN3. The van der Waals surface area contributed by atoms with E-state index < -0.39 is 0 Å². The third-order valence-corrected chi connectivity index (χ3v) is 3.44. The number of hydrogen-bond acceptors (Lipinski definition) is 2. The van der Waals surface area contributed by atoms with Gasteiger partial charge in [0.1, 0.15) is 0 Å². The van der Waals surface area contributed by atoms with Gasteiger partial charge in [0.2, 0.25) is 0 Å². The monoisotopic (exact) mass is 251 g/mol. The van der Waals surface area contributed by atoms with Gasteiger partial charge in [-0.2, -0.15) is 0 Å². The SMILES string of the molecule is CCC(=N)N1CCN(c2ccc(Cl)cc2)CC1. The van der Waals surface area contributed by atoms with E-state index in [2.05, 4.69) is 21.9 Å². The van der Waals surface area contributed by atoms with Crippen molar-refractivity contribution < 1.29 is 0 Å². The first-order valence-corrected chi connectivity index (χ1v) is 6.41. The number of piperazine rings is 1. The van der Waals surface area contributed by atoms with Crippen molar-refractivity contribution in [3.8, 4) is 0 Å². The van der Waals surface area contributed by atoms with Gasteiger partial charge in [-0.15, -0.1) is 0 Å². The Bertz CT molecular complexity index is 380. The van der Waals surface area contributed by atoms with Crippen molar-refractivity contribution in [2.45, 2.75) is 13.3 Å². The average Bonchev–Trinajstić information content (AvgIpc) is 2.39. The van der Waals surface area contributed by atoms with E-state index in [1.54, 1.807) is 0 Å². The number of nitrogens with one attached hydrogen (secondary N) is 1. The molecule has 0 aromatic heterocycles. The topological polar surface area (TPSA) is 30.3 Å². The second kappa shape index (κ2) is 5.41. The summed E-state index contributed by atoms with van der Waals surface area (Å²) in [6, 6.07) is 7.97. The quantitative estimate of drug-likeness (QED) is 0.647. The summed E-state index contributed by atoms with van der Waals surface area (Å²) in [5, 5.41) is 8.60. The van der Waals surface area contributed by atoms with E-state index in [9.17, 15) is 0 Å². The normalized spacial score (nSPS) is 16.1. The molecule has 3 nitrogen and oxygen atoms in total. The molecule has 1 aliphatic heterocycles. The van der Waals surface area contributed by atoms with Gasteiger partial charge in [0.15, 0.2) is 0 Å². The fraction of sp³-hybridized carbons (Fsp3) is 0.462. The van der Waals surface area contributed by atoms with Gasteiger partial charge in [0.05, 0.1) is 5.84 Å².